The standard InChI is InChI=1S/C17H28N2O3/c20-14-5-3-8-17(14)9-4-11-19(13-17)16(22)7-12-18-10-2-1-6-15(18)21/h14,20H,1-13H2/t14-,17+/m1/s1. The summed E-state index contributed by atoms with van der Waals surface area (Å²) >= 11 is 0. The number of aliphatic hydroxyl groups is 1. The van der Waals surface area contributed by atoms with Crippen LogP contribution in [-0.2, 0) is 9.59 Å². The molecule has 0 bridgehead atoms. The molecule has 5 nitrogen and oxygen atoms in total. The molecular weight excluding hydrogens is 280 g/mol. The predicted molar refractivity (Wildman–Crippen MR) is 83.2 cm³/mol. The Balaban J connectivity index is 1.52. The zero-order chi connectivity index (χ0) is 15.6. The van der Waals surface area contributed by atoms with Crippen LogP contribution in [0.4, 0.5) is 0 Å². The van der Waals surface area contributed by atoms with Crippen molar-refractivity contribution in [1.82, 2.24) is 9.80 Å². The van der Waals surface area contributed by atoms with Crippen LogP contribution in [0.25, 0.3) is 0 Å². The Morgan fingerprint density at radius 1 is 1.18 bits per heavy atom. The molecule has 3 rings (SSSR count). The summed E-state index contributed by atoms with van der Waals surface area (Å²) in [5.74, 6) is 0.344. The maximum Gasteiger partial charge on any atom is 0.224 e. The highest BCUT2D eigenvalue weighted by atomic mass is 16.3. The van der Waals surface area contributed by atoms with Crippen LogP contribution in [0.3, 0.4) is 0 Å². The van der Waals surface area contributed by atoms with Crippen LogP contribution in [0.2, 0.25) is 0 Å². The fraction of sp³-hybridized carbons (Fsp3) is 0.882. The van der Waals surface area contributed by atoms with E-state index in [1.54, 1.807) is 0 Å². The van der Waals surface area contributed by atoms with Gasteiger partial charge in [0.15, 0.2) is 0 Å². The van der Waals surface area contributed by atoms with Gasteiger partial charge in [-0.25, -0.2) is 0 Å². The van der Waals surface area contributed by atoms with E-state index in [2.05, 4.69) is 0 Å². The van der Waals surface area contributed by atoms with Crippen molar-refractivity contribution in [3.05, 3.63) is 0 Å². The monoisotopic (exact) mass is 308 g/mol. The van der Waals surface area contributed by atoms with Crippen molar-refractivity contribution in [1.29, 1.82) is 0 Å². The molecule has 1 spiro atoms. The summed E-state index contributed by atoms with van der Waals surface area (Å²) in [4.78, 5) is 28.1. The molecule has 2 amide bonds. The summed E-state index contributed by atoms with van der Waals surface area (Å²) in [6.07, 6.45) is 7.89. The fourth-order valence-corrected chi connectivity index (χ4v) is 4.46. The number of nitrogens with zero attached hydrogens (tertiary/aromatic N) is 2. The summed E-state index contributed by atoms with van der Waals surface area (Å²) < 4.78 is 0. The van der Waals surface area contributed by atoms with E-state index in [0.717, 1.165) is 58.0 Å². The lowest BCUT2D eigenvalue weighted by atomic mass is 9.76. The van der Waals surface area contributed by atoms with Crippen LogP contribution in [-0.4, -0.2) is 59.0 Å². The number of likely N-dealkylation sites (tertiary alicyclic amines) is 2. The number of piperidine rings is 2. The average molecular weight is 308 g/mol. The van der Waals surface area contributed by atoms with E-state index in [0.29, 0.717) is 25.9 Å². The molecule has 1 saturated carbocycles. The topological polar surface area (TPSA) is 60.9 Å². The first-order valence-electron chi connectivity index (χ1n) is 8.84. The number of amides is 2. The van der Waals surface area contributed by atoms with Gasteiger partial charge in [-0.3, -0.25) is 9.59 Å². The summed E-state index contributed by atoms with van der Waals surface area (Å²) in [6, 6.07) is 0. The first kappa shape index (κ1) is 15.8. The summed E-state index contributed by atoms with van der Waals surface area (Å²) in [7, 11) is 0. The van der Waals surface area contributed by atoms with Crippen molar-refractivity contribution in [2.75, 3.05) is 26.2 Å². The Morgan fingerprint density at radius 3 is 2.73 bits per heavy atom. The van der Waals surface area contributed by atoms with E-state index in [1.165, 1.54) is 0 Å². The van der Waals surface area contributed by atoms with Gasteiger partial charge in [0.1, 0.15) is 0 Å². The number of hydrogen-bond acceptors (Lipinski definition) is 3. The van der Waals surface area contributed by atoms with Crippen LogP contribution in [0.5, 0.6) is 0 Å². The van der Waals surface area contributed by atoms with Crippen molar-refractivity contribution < 1.29 is 14.7 Å². The zero-order valence-electron chi connectivity index (χ0n) is 13.4. The van der Waals surface area contributed by atoms with E-state index < -0.39 is 0 Å². The van der Waals surface area contributed by atoms with Gasteiger partial charge in [0, 0.05) is 44.4 Å². The molecule has 124 valence electrons. The SMILES string of the molecule is O=C1CCCCN1CCC(=O)N1CCC[C@@]2(CCC[C@H]2O)C1. The molecule has 0 aromatic heterocycles. The minimum absolute atomic E-state index is 0.0468. The third-order valence-corrected chi connectivity index (χ3v) is 5.84. The van der Waals surface area contributed by atoms with E-state index in [1.807, 2.05) is 9.80 Å². The number of rotatable bonds is 3. The average Bonchev–Trinajstić information content (AvgIpc) is 2.86. The van der Waals surface area contributed by atoms with Crippen molar-refractivity contribution in [3.63, 3.8) is 0 Å². The minimum atomic E-state index is -0.244. The molecule has 3 aliphatic rings. The van der Waals surface area contributed by atoms with Crippen LogP contribution < -0.4 is 0 Å². The van der Waals surface area contributed by atoms with Crippen molar-refractivity contribution in [3.8, 4) is 0 Å². The second-order valence-electron chi connectivity index (χ2n) is 7.28. The van der Waals surface area contributed by atoms with Crippen molar-refractivity contribution in [2.24, 2.45) is 5.41 Å². The second-order valence-corrected chi connectivity index (χ2v) is 7.28. The molecule has 2 aliphatic heterocycles. The highest BCUT2D eigenvalue weighted by molar-refractivity contribution is 5.79. The lowest BCUT2D eigenvalue weighted by Crippen LogP contribution is -2.50. The smallest absolute Gasteiger partial charge is 0.224 e. The highest BCUT2D eigenvalue weighted by Gasteiger charge is 2.45. The Morgan fingerprint density at radius 2 is 2.00 bits per heavy atom. The molecule has 22 heavy (non-hydrogen) atoms. The molecule has 0 radical (unpaired) electrons. The van der Waals surface area contributed by atoms with Gasteiger partial charge in [-0.1, -0.05) is 6.42 Å². The van der Waals surface area contributed by atoms with E-state index in [-0.39, 0.29) is 23.3 Å². The summed E-state index contributed by atoms with van der Waals surface area (Å²) in [6.45, 7) is 2.88. The molecule has 3 fully saturated rings. The van der Waals surface area contributed by atoms with Crippen LogP contribution in [0, 0.1) is 5.41 Å². The van der Waals surface area contributed by atoms with Gasteiger partial charge >= 0.3 is 0 Å². The Hall–Kier alpha value is -1.10. The first-order chi connectivity index (χ1) is 10.6. The van der Waals surface area contributed by atoms with Crippen LogP contribution in [0.15, 0.2) is 0 Å². The Kier molecular flexibility index (Phi) is 4.71. The Labute approximate surface area is 132 Å². The van der Waals surface area contributed by atoms with Crippen LogP contribution in [0.1, 0.15) is 57.8 Å². The molecule has 1 N–H and O–H groups in total. The minimum Gasteiger partial charge on any atom is -0.392 e. The summed E-state index contributed by atoms with van der Waals surface area (Å²) in [5, 5.41) is 10.3. The third kappa shape index (κ3) is 3.14. The van der Waals surface area contributed by atoms with E-state index in [9.17, 15) is 14.7 Å². The van der Waals surface area contributed by atoms with Gasteiger partial charge in [0.2, 0.25) is 11.8 Å². The largest absolute Gasteiger partial charge is 0.392 e. The van der Waals surface area contributed by atoms with E-state index >= 15 is 0 Å². The quantitative estimate of drug-likeness (QED) is 0.860. The van der Waals surface area contributed by atoms with Gasteiger partial charge in [0.05, 0.1) is 6.10 Å². The normalized spacial score (nSPS) is 32.8. The van der Waals surface area contributed by atoms with Gasteiger partial charge in [0.25, 0.3) is 0 Å². The fourth-order valence-electron chi connectivity index (χ4n) is 4.46. The van der Waals surface area contributed by atoms with Crippen LogP contribution >= 0.6 is 0 Å². The van der Waals surface area contributed by atoms with Gasteiger partial charge in [-0.05, 0) is 38.5 Å². The third-order valence-electron chi connectivity index (χ3n) is 5.84. The maximum atomic E-state index is 12.5. The number of aliphatic hydroxyl groups excluding tert-OH is 1. The van der Waals surface area contributed by atoms with E-state index in [4.69, 9.17) is 0 Å². The molecule has 0 aromatic carbocycles. The zero-order valence-corrected chi connectivity index (χ0v) is 13.4. The predicted octanol–water partition coefficient (Wildman–Crippen LogP) is 1.54. The van der Waals surface area contributed by atoms with Gasteiger partial charge < -0.3 is 14.9 Å². The molecule has 2 atom stereocenters. The maximum absolute atomic E-state index is 12.5. The molecule has 0 unspecified atom stereocenters. The number of carbonyl (C=O) groups is 2. The second kappa shape index (κ2) is 6.57. The first-order valence-corrected chi connectivity index (χ1v) is 8.84. The Bertz CT molecular complexity index is 440. The number of hydrogen-bond donors (Lipinski definition) is 1. The lowest BCUT2D eigenvalue weighted by Gasteiger charge is -2.42. The number of carbonyl (C=O) groups excluding carboxylic acids is 2. The van der Waals surface area contributed by atoms with Gasteiger partial charge in [-0.2, -0.15) is 0 Å². The van der Waals surface area contributed by atoms with Crippen molar-refractivity contribution >= 4 is 11.8 Å². The molecule has 2 heterocycles. The highest BCUT2D eigenvalue weighted by Crippen LogP contribution is 2.45. The molecule has 1 aliphatic carbocycles. The molecular formula is C17H28N2O3. The summed E-state index contributed by atoms with van der Waals surface area (Å²) in [5.41, 5.74) is -0.0468. The van der Waals surface area contributed by atoms with Gasteiger partial charge in [-0.15, -0.1) is 0 Å². The molecule has 2 saturated heterocycles. The molecule has 0 aromatic rings. The molecule has 5 heteroatoms. The lowest BCUT2D eigenvalue weighted by molar-refractivity contribution is -0.138. The van der Waals surface area contributed by atoms with Crippen molar-refractivity contribution in [2.45, 2.75) is 63.9 Å².